The monoisotopic (exact) mass is 383 g/mol. The highest BCUT2D eigenvalue weighted by atomic mass is 16.2. The molecule has 1 amide bonds. The highest BCUT2D eigenvalue weighted by Crippen LogP contribution is 2.28. The van der Waals surface area contributed by atoms with Crippen LogP contribution in [0.3, 0.4) is 0 Å². The summed E-state index contributed by atoms with van der Waals surface area (Å²) in [5.74, 6) is 2.17. The molecular weight excluding hydrogens is 354 g/mol. The topological polar surface area (TPSA) is 71.3 Å². The molecule has 0 saturated carbocycles. The number of nitrogens with zero attached hydrogens (tertiary/aromatic N) is 5. The van der Waals surface area contributed by atoms with Crippen molar-refractivity contribution < 1.29 is 9.59 Å². The quantitative estimate of drug-likeness (QED) is 0.717. The molecule has 0 spiro atoms. The summed E-state index contributed by atoms with van der Waals surface area (Å²) in [5, 5.41) is 8.86. The molecule has 0 atom stereocenters. The predicted molar refractivity (Wildman–Crippen MR) is 107 cm³/mol. The first-order chi connectivity index (χ1) is 13.4. The van der Waals surface area contributed by atoms with Crippen molar-refractivity contribution in [3.05, 3.63) is 47.0 Å². The largest absolute Gasteiger partial charge is 0.339 e. The third-order valence-electron chi connectivity index (χ3n) is 5.31. The van der Waals surface area contributed by atoms with Crippen LogP contribution in [0.4, 0.5) is 0 Å². The number of ketones is 1. The van der Waals surface area contributed by atoms with E-state index in [2.05, 4.69) is 26.6 Å². The third-order valence-corrected chi connectivity index (χ3v) is 5.31. The van der Waals surface area contributed by atoms with Crippen LogP contribution in [0.1, 0.15) is 65.0 Å². The lowest BCUT2D eigenvalue weighted by molar-refractivity contribution is 0.0706. The zero-order valence-electron chi connectivity index (χ0n) is 17.2. The van der Waals surface area contributed by atoms with Gasteiger partial charge in [-0.2, -0.15) is 0 Å². The fraction of sp³-hybridized carbons (Fsp3) is 0.524. The van der Waals surface area contributed by atoms with Gasteiger partial charge in [-0.1, -0.05) is 18.2 Å². The van der Waals surface area contributed by atoms with E-state index in [1.165, 1.54) is 6.92 Å². The Hall–Kier alpha value is -2.54. The van der Waals surface area contributed by atoms with E-state index in [-0.39, 0.29) is 11.7 Å². The number of likely N-dealkylation sites (tertiary alicyclic amines) is 1. The second-order valence-electron chi connectivity index (χ2n) is 7.62. The summed E-state index contributed by atoms with van der Waals surface area (Å²) in [4.78, 5) is 28.7. The zero-order valence-corrected chi connectivity index (χ0v) is 17.2. The van der Waals surface area contributed by atoms with E-state index in [0.29, 0.717) is 30.1 Å². The number of aromatic nitrogens is 3. The summed E-state index contributed by atoms with van der Waals surface area (Å²) in [7, 11) is 4.05. The summed E-state index contributed by atoms with van der Waals surface area (Å²) in [6, 6.07) is 7.07. The summed E-state index contributed by atoms with van der Waals surface area (Å²) in [6.45, 7) is 6.55. The average Bonchev–Trinajstić information content (AvgIpc) is 3.09. The minimum Gasteiger partial charge on any atom is -0.339 e. The van der Waals surface area contributed by atoms with Crippen LogP contribution in [-0.4, -0.2) is 63.4 Å². The second-order valence-corrected chi connectivity index (χ2v) is 7.62. The number of rotatable bonds is 6. The van der Waals surface area contributed by atoms with Crippen LogP contribution in [0.2, 0.25) is 0 Å². The molecule has 0 radical (unpaired) electrons. The molecule has 0 N–H and O–H groups in total. The molecule has 1 saturated heterocycles. The van der Waals surface area contributed by atoms with Crippen molar-refractivity contribution in [2.45, 2.75) is 45.7 Å². The van der Waals surface area contributed by atoms with Crippen molar-refractivity contribution in [2.24, 2.45) is 0 Å². The third kappa shape index (κ3) is 4.14. The standard InChI is InChI=1S/C21H29N5O2/c1-5-26-19(14-24(3)4)22-23-20(26)16-10-12-25(13-11-16)21(28)18-9-7-6-8-17(18)15(2)27/h6-9,16H,5,10-14H2,1-4H3. The predicted octanol–water partition coefficient (Wildman–Crippen LogP) is 2.58. The number of amides is 1. The molecule has 1 aliphatic heterocycles. The Kier molecular flexibility index (Phi) is 6.24. The highest BCUT2D eigenvalue weighted by molar-refractivity contribution is 6.07. The van der Waals surface area contributed by atoms with Gasteiger partial charge in [0.2, 0.25) is 0 Å². The van der Waals surface area contributed by atoms with Gasteiger partial charge in [0.1, 0.15) is 11.6 Å². The molecule has 7 heteroatoms. The van der Waals surface area contributed by atoms with E-state index >= 15 is 0 Å². The van der Waals surface area contributed by atoms with E-state index in [1.54, 1.807) is 18.2 Å². The van der Waals surface area contributed by atoms with Crippen molar-refractivity contribution in [3.8, 4) is 0 Å². The molecule has 1 aromatic carbocycles. The van der Waals surface area contributed by atoms with Crippen LogP contribution in [0.25, 0.3) is 0 Å². The Bertz CT molecular complexity index is 850. The Morgan fingerprint density at radius 1 is 1.11 bits per heavy atom. The number of hydrogen-bond acceptors (Lipinski definition) is 5. The van der Waals surface area contributed by atoms with Gasteiger partial charge in [-0.25, -0.2) is 0 Å². The fourth-order valence-electron chi connectivity index (χ4n) is 3.88. The number of Topliss-reactive ketones (excluding diaryl/α,β-unsaturated/α-hetero) is 1. The smallest absolute Gasteiger partial charge is 0.254 e. The molecule has 2 aromatic rings. The van der Waals surface area contributed by atoms with E-state index in [9.17, 15) is 9.59 Å². The average molecular weight is 383 g/mol. The summed E-state index contributed by atoms with van der Waals surface area (Å²) < 4.78 is 2.20. The minimum atomic E-state index is -0.0803. The van der Waals surface area contributed by atoms with Gasteiger partial charge in [0.25, 0.3) is 5.91 Å². The Morgan fingerprint density at radius 3 is 2.32 bits per heavy atom. The van der Waals surface area contributed by atoms with E-state index in [0.717, 1.165) is 37.6 Å². The van der Waals surface area contributed by atoms with Crippen LogP contribution in [0.5, 0.6) is 0 Å². The minimum absolute atomic E-state index is 0.0606. The van der Waals surface area contributed by atoms with Crippen molar-refractivity contribution in [1.29, 1.82) is 0 Å². The molecule has 150 valence electrons. The van der Waals surface area contributed by atoms with Gasteiger partial charge >= 0.3 is 0 Å². The van der Waals surface area contributed by atoms with Crippen LogP contribution in [-0.2, 0) is 13.1 Å². The van der Waals surface area contributed by atoms with Crippen LogP contribution in [0, 0.1) is 0 Å². The van der Waals surface area contributed by atoms with E-state index in [1.807, 2.05) is 25.1 Å². The SMILES string of the molecule is CCn1c(CN(C)C)nnc1C1CCN(C(=O)c2ccccc2C(C)=O)CC1. The van der Waals surface area contributed by atoms with E-state index in [4.69, 9.17) is 0 Å². The van der Waals surface area contributed by atoms with Gasteiger partial charge in [-0.3, -0.25) is 9.59 Å². The van der Waals surface area contributed by atoms with Gasteiger partial charge in [0.05, 0.1) is 12.1 Å². The Labute approximate surface area is 166 Å². The van der Waals surface area contributed by atoms with Crippen molar-refractivity contribution >= 4 is 11.7 Å². The van der Waals surface area contributed by atoms with Crippen molar-refractivity contribution in [2.75, 3.05) is 27.2 Å². The number of piperidine rings is 1. The lowest BCUT2D eigenvalue weighted by Gasteiger charge is -2.32. The van der Waals surface area contributed by atoms with Gasteiger partial charge in [0.15, 0.2) is 5.78 Å². The van der Waals surface area contributed by atoms with Crippen molar-refractivity contribution in [3.63, 3.8) is 0 Å². The lowest BCUT2D eigenvalue weighted by Crippen LogP contribution is -2.39. The van der Waals surface area contributed by atoms with Crippen LogP contribution >= 0.6 is 0 Å². The molecule has 0 unspecified atom stereocenters. The first kappa shape index (κ1) is 20.2. The maximum absolute atomic E-state index is 13.0. The van der Waals surface area contributed by atoms with E-state index < -0.39 is 0 Å². The van der Waals surface area contributed by atoms with Gasteiger partial charge in [-0.15, -0.1) is 10.2 Å². The molecule has 1 fully saturated rings. The number of carbonyl (C=O) groups excluding carboxylic acids is 2. The lowest BCUT2D eigenvalue weighted by atomic mass is 9.94. The normalized spacial score (nSPS) is 15.2. The molecule has 1 aliphatic rings. The zero-order chi connectivity index (χ0) is 20.3. The summed E-state index contributed by atoms with van der Waals surface area (Å²) in [5.41, 5.74) is 0.993. The molecule has 7 nitrogen and oxygen atoms in total. The molecule has 0 aliphatic carbocycles. The maximum atomic E-state index is 13.0. The number of carbonyl (C=O) groups is 2. The summed E-state index contributed by atoms with van der Waals surface area (Å²) >= 11 is 0. The fourth-order valence-corrected chi connectivity index (χ4v) is 3.88. The van der Waals surface area contributed by atoms with Gasteiger partial charge in [0, 0.05) is 31.1 Å². The molecule has 3 rings (SSSR count). The first-order valence-electron chi connectivity index (χ1n) is 9.88. The van der Waals surface area contributed by atoms with Gasteiger partial charge in [-0.05, 0) is 46.9 Å². The van der Waals surface area contributed by atoms with Crippen molar-refractivity contribution in [1.82, 2.24) is 24.6 Å². The molecule has 1 aromatic heterocycles. The van der Waals surface area contributed by atoms with Crippen LogP contribution < -0.4 is 0 Å². The summed E-state index contributed by atoms with van der Waals surface area (Å²) in [6.07, 6.45) is 1.71. The first-order valence-corrected chi connectivity index (χ1v) is 9.88. The van der Waals surface area contributed by atoms with Crippen LogP contribution in [0.15, 0.2) is 24.3 Å². The molecule has 0 bridgehead atoms. The Balaban J connectivity index is 1.71. The number of hydrogen-bond donors (Lipinski definition) is 0. The molecular formula is C21H29N5O2. The maximum Gasteiger partial charge on any atom is 0.254 e. The molecule has 28 heavy (non-hydrogen) atoms. The highest BCUT2D eigenvalue weighted by Gasteiger charge is 2.29. The molecule has 2 heterocycles. The van der Waals surface area contributed by atoms with Gasteiger partial charge < -0.3 is 14.4 Å². The Morgan fingerprint density at radius 2 is 1.75 bits per heavy atom. The second kappa shape index (κ2) is 8.65. The number of benzene rings is 1.